The minimum atomic E-state index is -2.04. The van der Waals surface area contributed by atoms with E-state index < -0.39 is 225 Å². The highest BCUT2D eigenvalue weighted by Gasteiger charge is 2.38. The second-order valence-electron chi connectivity index (χ2n) is 23.2. The Morgan fingerprint density at radius 1 is 0.311 bits per heavy atom. The van der Waals surface area contributed by atoms with Gasteiger partial charge in [-0.05, 0) is 216 Å². The molecule has 3 rings (SSSR count). The van der Waals surface area contributed by atoms with E-state index in [2.05, 4.69) is 37.2 Å². The zero-order chi connectivity index (χ0) is 80.6. The van der Waals surface area contributed by atoms with Gasteiger partial charge in [0.2, 0.25) is 17.7 Å². The molecular weight excluding hydrogens is 2430 g/mol. The van der Waals surface area contributed by atoms with E-state index in [9.17, 15) is 124 Å². The predicted molar refractivity (Wildman–Crippen MR) is 456 cm³/mol. The number of rotatable bonds is 40. The molecular formula is C61H80I9N11O25. The lowest BCUT2D eigenvalue weighted by molar-refractivity contribution is -0.117. The fourth-order valence-electron chi connectivity index (χ4n) is 9.37. The van der Waals surface area contributed by atoms with E-state index in [4.69, 9.17) is 0 Å². The lowest BCUT2D eigenvalue weighted by atomic mass is 9.99. The van der Waals surface area contributed by atoms with Crippen LogP contribution < -0.4 is 51.9 Å². The number of aliphatic hydroxyl groups excluding tert-OH is 14. The Hall–Kier alpha value is -2.16. The Labute approximate surface area is 729 Å². The number of imide groups is 1. The van der Waals surface area contributed by atoms with Gasteiger partial charge < -0.3 is 123 Å². The summed E-state index contributed by atoms with van der Waals surface area (Å²) in [7, 11) is 0. The normalized spacial score (nSPS) is 13.8. The molecule has 0 saturated heterocycles. The molecule has 9 atom stereocenters. The van der Waals surface area contributed by atoms with E-state index in [0.29, 0.717) is 11.3 Å². The summed E-state index contributed by atoms with van der Waals surface area (Å²) in [6.45, 7) is -6.50. The highest BCUT2D eigenvalue weighted by Crippen LogP contribution is 2.42. The second kappa shape index (κ2) is 47.5. The number of carbonyl (C=O) groups is 11. The summed E-state index contributed by atoms with van der Waals surface area (Å²) in [5.74, 6) is -7.56. The van der Waals surface area contributed by atoms with Gasteiger partial charge in [-0.2, -0.15) is 0 Å². The van der Waals surface area contributed by atoms with Crippen LogP contribution in [-0.4, -0.2) is 301 Å². The number of aliphatic hydroxyl groups is 14. The van der Waals surface area contributed by atoms with Crippen LogP contribution in [0.15, 0.2) is 0 Å². The fraction of sp³-hybridized carbons (Fsp3) is 0.525. The Morgan fingerprint density at radius 2 is 0.538 bits per heavy atom. The second-order valence-corrected chi connectivity index (χ2v) is 32.9. The number of Topliss-reactive ketones (excluding diaryl/α,β-unsaturated/α-hetero) is 1. The maximum Gasteiger partial charge on any atom is 0.325 e. The van der Waals surface area contributed by atoms with Crippen molar-refractivity contribution in [3.8, 4) is 0 Å². The first-order chi connectivity index (χ1) is 49.6. The van der Waals surface area contributed by atoms with Crippen LogP contribution in [0.25, 0.3) is 0 Å². The first-order valence-corrected chi connectivity index (χ1v) is 41.2. The highest BCUT2D eigenvalue weighted by molar-refractivity contribution is 14.1. The molecule has 36 nitrogen and oxygen atoms in total. The molecule has 0 aromatic heterocycles. The van der Waals surface area contributed by atoms with Gasteiger partial charge >= 0.3 is 12.1 Å². The Kier molecular flexibility index (Phi) is 43.9. The van der Waals surface area contributed by atoms with Gasteiger partial charge in [-0.1, -0.05) is 6.92 Å². The zero-order valence-electron chi connectivity index (χ0n) is 56.6. The van der Waals surface area contributed by atoms with Crippen molar-refractivity contribution in [2.45, 2.75) is 102 Å². The summed E-state index contributed by atoms with van der Waals surface area (Å²) >= 11 is 15.5. The van der Waals surface area contributed by atoms with Crippen molar-refractivity contribution in [2.75, 3.05) is 120 Å². The van der Waals surface area contributed by atoms with E-state index in [1.807, 2.05) is 0 Å². The molecule has 3 aromatic carbocycles. The average Bonchev–Trinajstić information content (AvgIpc) is 0.770. The third kappa shape index (κ3) is 27.6. The largest absolute Gasteiger partial charge is 0.394 e. The van der Waals surface area contributed by atoms with Crippen molar-refractivity contribution < 1.29 is 124 Å². The van der Waals surface area contributed by atoms with Crippen LogP contribution in [0.3, 0.4) is 0 Å². The molecule has 0 radical (unpaired) electrons. The average molecular weight is 2510 g/mol. The maximum absolute atomic E-state index is 14.7. The Bertz CT molecular complexity index is 3390. The van der Waals surface area contributed by atoms with Crippen molar-refractivity contribution in [3.05, 3.63) is 65.5 Å². The van der Waals surface area contributed by atoms with E-state index >= 15 is 0 Å². The molecule has 0 aliphatic heterocycles. The summed E-state index contributed by atoms with van der Waals surface area (Å²) in [5.41, 5.74) is -1.61. The third-order valence-electron chi connectivity index (χ3n) is 15.0. The van der Waals surface area contributed by atoms with E-state index in [0.717, 1.165) is 35.5 Å². The molecule has 0 saturated carbocycles. The smallest absolute Gasteiger partial charge is 0.325 e. The van der Waals surface area contributed by atoms with Gasteiger partial charge in [0.1, 0.15) is 0 Å². The molecule has 3 aromatic rings. The molecule has 45 heteroatoms. The van der Waals surface area contributed by atoms with E-state index in [1.165, 1.54) is 0 Å². The van der Waals surface area contributed by atoms with E-state index in [-0.39, 0.29) is 95.4 Å². The summed E-state index contributed by atoms with van der Waals surface area (Å²) in [5, 5.41) is 161. The molecule has 0 fully saturated rings. The van der Waals surface area contributed by atoms with Crippen molar-refractivity contribution in [2.24, 2.45) is 0 Å². The maximum atomic E-state index is 14.7. The van der Waals surface area contributed by atoms with Crippen molar-refractivity contribution in [1.82, 2.24) is 42.1 Å². The summed E-state index contributed by atoms with van der Waals surface area (Å²) < 4.78 is 0.170. The minimum absolute atomic E-state index is 0.00125. The SMILES string of the molecule is CCC(O)CCC(=O)c1c(I)c(C(=O)NCC(O)CO)c(I)c(N(CC(O)CNC(=O)N(CC(O)CN(C(C)=O)c2c(I)c(C(=O)NCC(O)CO)c(I)c(C(=O)NCC(O)CO)c2I)C(=O)NCC(O)CN(C(C)=O)c2c(I)c(C(=O)NCC(O)CO)c(I)c(C(=O)NCC(O)CO)c2I)C(C)=O)c1I. The topological polar surface area (TPSA) is 568 Å². The van der Waals surface area contributed by atoms with Crippen LogP contribution in [-0.2, 0) is 14.4 Å². The van der Waals surface area contributed by atoms with Crippen LogP contribution in [0.4, 0.5) is 26.7 Å². The third-order valence-corrected chi connectivity index (χ3v) is 24.5. The number of amides is 12. The van der Waals surface area contributed by atoms with Gasteiger partial charge in [0.25, 0.3) is 29.5 Å². The molecule has 0 bridgehead atoms. The van der Waals surface area contributed by atoms with Crippen molar-refractivity contribution in [1.29, 1.82) is 0 Å². The van der Waals surface area contributed by atoms with Crippen LogP contribution in [0.1, 0.15) is 109 Å². The Balaban J connectivity index is 2.30. The van der Waals surface area contributed by atoms with Gasteiger partial charge in [0.05, 0.1) is 177 Å². The molecule has 106 heavy (non-hydrogen) atoms. The number of anilines is 3. The van der Waals surface area contributed by atoms with Crippen molar-refractivity contribution in [3.63, 3.8) is 0 Å². The molecule has 9 unspecified atom stereocenters. The number of ketones is 1. The van der Waals surface area contributed by atoms with E-state index in [1.54, 1.807) is 210 Å². The lowest BCUT2D eigenvalue weighted by Gasteiger charge is -2.31. The first kappa shape index (κ1) is 98.0. The number of carbonyl (C=O) groups excluding carboxylic acids is 11. The van der Waals surface area contributed by atoms with Crippen LogP contribution in [0, 0.1) is 32.1 Å². The van der Waals surface area contributed by atoms with Crippen LogP contribution >= 0.6 is 203 Å². The number of benzene rings is 3. The van der Waals surface area contributed by atoms with Crippen molar-refractivity contribution >= 4 is 285 Å². The lowest BCUT2D eigenvalue weighted by Crippen LogP contribution is -2.55. The molecule has 21 N–H and O–H groups in total. The van der Waals surface area contributed by atoms with Gasteiger partial charge in [-0.15, -0.1) is 0 Å². The fourth-order valence-corrected chi connectivity index (χ4v) is 23.7. The van der Waals surface area contributed by atoms with Gasteiger partial charge in [-0.25, -0.2) is 14.5 Å². The monoisotopic (exact) mass is 2510 g/mol. The number of hydrogen-bond acceptors (Lipinski definition) is 25. The van der Waals surface area contributed by atoms with Crippen LogP contribution in [0.5, 0.6) is 0 Å². The number of nitrogens with one attached hydrogen (secondary N) is 7. The number of nitrogens with zero attached hydrogens (tertiary/aromatic N) is 4. The zero-order valence-corrected chi connectivity index (χ0v) is 76.0. The highest BCUT2D eigenvalue weighted by atomic mass is 127. The molecule has 0 spiro atoms. The molecule has 0 heterocycles. The molecule has 0 aliphatic rings. The number of hydrogen-bond donors (Lipinski definition) is 21. The molecule has 592 valence electrons. The Morgan fingerprint density at radius 3 is 0.774 bits per heavy atom. The van der Waals surface area contributed by atoms with Gasteiger partial charge in [0.15, 0.2) is 5.78 Å². The standard InChI is InChI=1S/C61H80I9N11O25/c1-5-27(90)6-7-36(99)37-43(62)38(55(100)71-10-30(93)19-82)47(66)52(46(37)65)78(24(2)87)15-28(91)8-76-60(105)81(18-35(98)17-80(26(4)89)54-50(69)41(58(103)74-13-33(96)22-85)45(64)42(51(54)70)59(104)75-14-34(97)23-86)61(106)77-9-29(92)16-79(25(3)88)53-48(67)39(56(101)72-11-31(94)20-83)44(63)40(49(53)68)57(102)73-12-32(95)21-84/h27-35,82-86,90-98H,5-23H2,1-4H3,(H,71,100)(H,72,101)(H,73,102)(H,74,103)(H,75,104)(H,76,105)(H,77,106). The van der Waals surface area contributed by atoms with Crippen LogP contribution in [0.2, 0.25) is 0 Å². The number of urea groups is 2. The summed E-state index contributed by atoms with van der Waals surface area (Å²) in [6, 6.07) is -2.85. The predicted octanol–water partition coefficient (Wildman–Crippen LogP) is -1.46. The summed E-state index contributed by atoms with van der Waals surface area (Å²) in [4.78, 5) is 158. The quantitative estimate of drug-likeness (QED) is 0.0228. The summed E-state index contributed by atoms with van der Waals surface area (Å²) in [6.07, 6.45) is -13.6. The number of halogens is 9. The molecule has 12 amide bonds. The molecule has 0 aliphatic carbocycles. The van der Waals surface area contributed by atoms with Gasteiger partial charge in [-0.3, -0.25) is 43.2 Å². The van der Waals surface area contributed by atoms with Gasteiger partial charge in [0, 0.05) is 92.8 Å². The first-order valence-electron chi connectivity index (χ1n) is 31.5. The minimum Gasteiger partial charge on any atom is -0.394 e.